The first kappa shape index (κ1) is 17.5. The van der Waals surface area contributed by atoms with Crippen molar-refractivity contribution in [2.24, 2.45) is 5.92 Å². The highest BCUT2D eigenvalue weighted by atomic mass is 15.2. The van der Waals surface area contributed by atoms with Gasteiger partial charge in [-0.05, 0) is 88.4 Å². The van der Waals surface area contributed by atoms with Crippen LogP contribution in [0.2, 0.25) is 0 Å². The lowest BCUT2D eigenvalue weighted by Gasteiger charge is -2.45. The lowest BCUT2D eigenvalue weighted by molar-refractivity contribution is 0.0595. The van der Waals surface area contributed by atoms with Crippen LogP contribution in [0.25, 0.3) is 0 Å². The van der Waals surface area contributed by atoms with Crippen molar-refractivity contribution in [3.8, 4) is 0 Å². The third-order valence-electron chi connectivity index (χ3n) is 7.14. The summed E-state index contributed by atoms with van der Waals surface area (Å²) >= 11 is 0. The average Bonchev–Trinajstić information content (AvgIpc) is 3.07. The number of hydrogen-bond donors (Lipinski definition) is 0. The molecule has 2 heterocycles. The lowest BCUT2D eigenvalue weighted by Crippen LogP contribution is -2.47. The largest absolute Gasteiger partial charge is 0.299 e. The Hall–Kier alpha value is -0.860. The minimum absolute atomic E-state index is 0.799. The van der Waals surface area contributed by atoms with Gasteiger partial charge in [-0.25, -0.2) is 0 Å². The van der Waals surface area contributed by atoms with E-state index in [1.54, 1.807) is 5.56 Å². The molecular weight excluding hydrogens is 304 g/mol. The van der Waals surface area contributed by atoms with Gasteiger partial charge < -0.3 is 0 Å². The summed E-state index contributed by atoms with van der Waals surface area (Å²) in [6.45, 7) is 9.94. The van der Waals surface area contributed by atoms with E-state index in [-0.39, 0.29) is 0 Å². The quantitative estimate of drug-likeness (QED) is 0.741. The highest BCUT2D eigenvalue weighted by Gasteiger charge is 2.34. The minimum atomic E-state index is 0.799. The Morgan fingerprint density at radius 1 is 0.880 bits per heavy atom. The van der Waals surface area contributed by atoms with E-state index >= 15 is 0 Å². The van der Waals surface area contributed by atoms with Crippen LogP contribution < -0.4 is 0 Å². The van der Waals surface area contributed by atoms with Gasteiger partial charge in [0, 0.05) is 25.2 Å². The molecule has 4 rings (SSSR count). The summed E-state index contributed by atoms with van der Waals surface area (Å²) in [5.41, 5.74) is 3.08. The van der Waals surface area contributed by atoms with Gasteiger partial charge in [0.05, 0.1) is 0 Å². The van der Waals surface area contributed by atoms with Crippen molar-refractivity contribution in [3.63, 3.8) is 0 Å². The van der Waals surface area contributed by atoms with Crippen molar-refractivity contribution < 1.29 is 0 Å². The Labute approximate surface area is 154 Å². The van der Waals surface area contributed by atoms with Crippen LogP contribution in [0.4, 0.5) is 0 Å². The van der Waals surface area contributed by atoms with Crippen molar-refractivity contribution in [2.45, 2.75) is 83.3 Å². The molecule has 0 aromatic heterocycles. The topological polar surface area (TPSA) is 6.48 Å². The number of nitrogens with zero attached hydrogens (tertiary/aromatic N) is 2. The molecule has 1 aliphatic carbocycles. The maximum absolute atomic E-state index is 2.80. The van der Waals surface area contributed by atoms with E-state index < -0.39 is 0 Å². The molecule has 3 aliphatic rings. The molecule has 0 radical (unpaired) electrons. The van der Waals surface area contributed by atoms with Gasteiger partial charge in [0.2, 0.25) is 0 Å². The van der Waals surface area contributed by atoms with Gasteiger partial charge in [-0.15, -0.1) is 0 Å². The fraction of sp³-hybridized carbons (Fsp3) is 0.739. The minimum Gasteiger partial charge on any atom is -0.299 e. The van der Waals surface area contributed by atoms with Crippen LogP contribution >= 0.6 is 0 Å². The fourth-order valence-corrected chi connectivity index (χ4v) is 5.38. The average molecular weight is 341 g/mol. The number of likely N-dealkylation sites (tertiary alicyclic amines) is 2. The van der Waals surface area contributed by atoms with Crippen LogP contribution in [-0.2, 0) is 6.54 Å². The number of hydrogen-bond acceptors (Lipinski definition) is 2. The van der Waals surface area contributed by atoms with E-state index in [1.165, 1.54) is 70.1 Å². The van der Waals surface area contributed by atoms with E-state index in [4.69, 9.17) is 0 Å². The van der Waals surface area contributed by atoms with Crippen LogP contribution in [0.5, 0.6) is 0 Å². The molecule has 0 spiro atoms. The number of rotatable bonds is 5. The Balaban J connectivity index is 1.25. The molecule has 2 aliphatic heterocycles. The molecule has 1 aromatic rings. The van der Waals surface area contributed by atoms with Crippen molar-refractivity contribution in [2.75, 3.05) is 19.6 Å². The van der Waals surface area contributed by atoms with Crippen molar-refractivity contribution in [1.82, 2.24) is 9.80 Å². The second kappa shape index (κ2) is 7.80. The predicted octanol–water partition coefficient (Wildman–Crippen LogP) is 5.04. The smallest absolute Gasteiger partial charge is 0.0233 e. The van der Waals surface area contributed by atoms with Crippen LogP contribution in [0.15, 0.2) is 24.3 Å². The first-order valence-electron chi connectivity index (χ1n) is 10.8. The van der Waals surface area contributed by atoms with Gasteiger partial charge >= 0.3 is 0 Å². The van der Waals surface area contributed by atoms with E-state index in [1.807, 2.05) is 0 Å². The Kier molecular flexibility index (Phi) is 5.47. The normalized spacial score (nSPS) is 34.2. The van der Waals surface area contributed by atoms with Gasteiger partial charge in [0.15, 0.2) is 0 Å². The third kappa shape index (κ3) is 4.11. The first-order valence-corrected chi connectivity index (χ1v) is 10.8. The molecule has 0 bridgehead atoms. The molecule has 0 N–H and O–H groups in total. The van der Waals surface area contributed by atoms with Crippen molar-refractivity contribution in [1.29, 1.82) is 0 Å². The van der Waals surface area contributed by atoms with Gasteiger partial charge in [-0.2, -0.15) is 0 Å². The Morgan fingerprint density at radius 2 is 1.52 bits per heavy atom. The van der Waals surface area contributed by atoms with Gasteiger partial charge in [0.1, 0.15) is 0 Å². The molecule has 3 fully saturated rings. The molecule has 2 saturated heterocycles. The van der Waals surface area contributed by atoms with E-state index in [0.29, 0.717) is 0 Å². The van der Waals surface area contributed by atoms with Crippen LogP contribution in [0.3, 0.4) is 0 Å². The standard InChI is InChI=1S/C23H36N2/c1-18-6-5-7-19(2)25(18)17-21-14-23(15-21)22-10-8-20(9-11-22)16-24-12-3-4-13-24/h8-11,18-19,21,23H,3-7,12-17H2,1-2H3. The van der Waals surface area contributed by atoms with Gasteiger partial charge in [-0.1, -0.05) is 30.7 Å². The second-order valence-electron chi connectivity index (χ2n) is 9.08. The molecule has 2 atom stereocenters. The summed E-state index contributed by atoms with van der Waals surface area (Å²) in [6.07, 6.45) is 9.81. The molecule has 0 amide bonds. The molecule has 25 heavy (non-hydrogen) atoms. The van der Waals surface area contributed by atoms with Crippen LogP contribution in [0, 0.1) is 5.92 Å². The van der Waals surface area contributed by atoms with E-state index in [0.717, 1.165) is 30.5 Å². The number of piperidine rings is 1. The molecule has 2 unspecified atom stereocenters. The van der Waals surface area contributed by atoms with E-state index in [9.17, 15) is 0 Å². The van der Waals surface area contributed by atoms with Gasteiger partial charge in [-0.3, -0.25) is 9.80 Å². The van der Waals surface area contributed by atoms with Crippen LogP contribution in [-0.4, -0.2) is 41.5 Å². The predicted molar refractivity (Wildman–Crippen MR) is 106 cm³/mol. The van der Waals surface area contributed by atoms with Gasteiger partial charge in [0.25, 0.3) is 0 Å². The lowest BCUT2D eigenvalue weighted by atomic mass is 9.70. The SMILES string of the molecule is CC1CCCC(C)N1CC1CC(c2ccc(CN3CCCC3)cc2)C1. The maximum Gasteiger partial charge on any atom is 0.0233 e. The molecular formula is C23H36N2. The third-order valence-corrected chi connectivity index (χ3v) is 7.14. The monoisotopic (exact) mass is 340 g/mol. The summed E-state index contributed by atoms with van der Waals surface area (Å²) in [4.78, 5) is 5.39. The Morgan fingerprint density at radius 3 is 2.16 bits per heavy atom. The summed E-state index contributed by atoms with van der Waals surface area (Å²) in [5.74, 6) is 1.75. The number of benzene rings is 1. The zero-order valence-electron chi connectivity index (χ0n) is 16.3. The summed E-state index contributed by atoms with van der Waals surface area (Å²) < 4.78 is 0. The Bertz CT molecular complexity index is 530. The van der Waals surface area contributed by atoms with Crippen LogP contribution in [0.1, 0.15) is 75.8 Å². The molecule has 2 heteroatoms. The first-order chi connectivity index (χ1) is 12.2. The molecule has 1 saturated carbocycles. The highest BCUT2D eigenvalue weighted by molar-refractivity contribution is 5.27. The zero-order valence-corrected chi connectivity index (χ0v) is 16.3. The summed E-state index contributed by atoms with van der Waals surface area (Å²) in [7, 11) is 0. The fourth-order valence-electron chi connectivity index (χ4n) is 5.38. The summed E-state index contributed by atoms with van der Waals surface area (Å²) in [5, 5.41) is 0. The highest BCUT2D eigenvalue weighted by Crippen LogP contribution is 2.43. The zero-order chi connectivity index (χ0) is 17.2. The molecule has 2 nitrogen and oxygen atoms in total. The summed E-state index contributed by atoms with van der Waals surface area (Å²) in [6, 6.07) is 11.2. The van der Waals surface area contributed by atoms with Crippen molar-refractivity contribution >= 4 is 0 Å². The second-order valence-corrected chi connectivity index (χ2v) is 9.08. The van der Waals surface area contributed by atoms with E-state index in [2.05, 4.69) is 47.9 Å². The molecule has 1 aromatic carbocycles. The van der Waals surface area contributed by atoms with Crippen molar-refractivity contribution in [3.05, 3.63) is 35.4 Å². The maximum atomic E-state index is 2.80. The molecule has 138 valence electrons.